The molecule has 0 saturated heterocycles. The zero-order valence-electron chi connectivity index (χ0n) is 9.75. The number of nitrogens with two attached hydrogens (primary N) is 1. The number of hydrogen-bond donors (Lipinski definition) is 2. The molecule has 0 unspecified atom stereocenters. The molecule has 1 aromatic heterocycles. The summed E-state index contributed by atoms with van der Waals surface area (Å²) >= 11 is 0. The third-order valence-electron chi connectivity index (χ3n) is 2.43. The van der Waals surface area contributed by atoms with Crippen LogP contribution in [0.15, 0.2) is 22.7 Å². The minimum atomic E-state index is -0.306. The van der Waals surface area contributed by atoms with Gasteiger partial charge in [0.1, 0.15) is 11.6 Å². The summed E-state index contributed by atoms with van der Waals surface area (Å²) in [4.78, 5) is 4.06. The fraction of sp³-hybridized carbons (Fsp3) is 0.250. The topological polar surface area (TPSA) is 64.1 Å². The van der Waals surface area contributed by atoms with Crippen LogP contribution in [0.4, 0.5) is 15.8 Å². The molecule has 0 bridgehead atoms. The highest BCUT2D eigenvalue weighted by Crippen LogP contribution is 2.23. The molecule has 0 amide bonds. The fourth-order valence-electron chi connectivity index (χ4n) is 1.50. The van der Waals surface area contributed by atoms with Gasteiger partial charge in [0.2, 0.25) is 5.89 Å². The average Bonchev–Trinajstić information content (AvgIpc) is 2.68. The van der Waals surface area contributed by atoms with Gasteiger partial charge in [-0.15, -0.1) is 0 Å². The molecule has 0 atom stereocenters. The van der Waals surface area contributed by atoms with Crippen molar-refractivity contribution < 1.29 is 8.81 Å². The predicted molar refractivity (Wildman–Crippen MR) is 64.1 cm³/mol. The van der Waals surface area contributed by atoms with Crippen LogP contribution in [0.3, 0.4) is 0 Å². The van der Waals surface area contributed by atoms with Crippen molar-refractivity contribution in [3.63, 3.8) is 0 Å². The van der Waals surface area contributed by atoms with Crippen molar-refractivity contribution >= 4 is 11.4 Å². The summed E-state index contributed by atoms with van der Waals surface area (Å²) in [5, 5.41) is 3.06. The van der Waals surface area contributed by atoms with Crippen LogP contribution < -0.4 is 11.1 Å². The Bertz CT molecular complexity index is 537. The number of nitrogens with one attached hydrogen (secondary N) is 1. The monoisotopic (exact) mass is 235 g/mol. The first kappa shape index (κ1) is 11.4. The Morgan fingerprint density at radius 3 is 2.82 bits per heavy atom. The summed E-state index contributed by atoms with van der Waals surface area (Å²) in [6.07, 6.45) is 1.65. The van der Waals surface area contributed by atoms with Gasteiger partial charge in [0, 0.05) is 0 Å². The first-order chi connectivity index (χ1) is 8.06. The molecule has 2 aromatic rings. The Kier molecular flexibility index (Phi) is 2.99. The number of hydrogen-bond acceptors (Lipinski definition) is 4. The molecule has 3 N–H and O–H groups in total. The standard InChI is InChI=1S/C12H14FN3O/c1-7-3-11(10(14)4-9(7)13)15-6-12-16-5-8(2)17-12/h3-5,15H,6,14H2,1-2H3. The van der Waals surface area contributed by atoms with Crippen LogP contribution in [0.2, 0.25) is 0 Å². The third kappa shape index (κ3) is 2.55. The maximum Gasteiger partial charge on any atom is 0.213 e. The van der Waals surface area contributed by atoms with Crippen LogP contribution in [-0.4, -0.2) is 4.98 Å². The third-order valence-corrected chi connectivity index (χ3v) is 2.43. The van der Waals surface area contributed by atoms with Gasteiger partial charge >= 0.3 is 0 Å². The number of anilines is 2. The highest BCUT2D eigenvalue weighted by molar-refractivity contribution is 5.67. The van der Waals surface area contributed by atoms with Crippen LogP contribution in [0.1, 0.15) is 17.2 Å². The van der Waals surface area contributed by atoms with Crippen molar-refractivity contribution in [3.05, 3.63) is 41.4 Å². The molecule has 90 valence electrons. The van der Waals surface area contributed by atoms with Gasteiger partial charge in [-0.25, -0.2) is 9.37 Å². The van der Waals surface area contributed by atoms with E-state index >= 15 is 0 Å². The van der Waals surface area contributed by atoms with E-state index in [2.05, 4.69) is 10.3 Å². The molecule has 1 aromatic carbocycles. The van der Waals surface area contributed by atoms with Crippen molar-refractivity contribution in [2.45, 2.75) is 20.4 Å². The number of nitrogens with zero attached hydrogens (tertiary/aromatic N) is 1. The minimum Gasteiger partial charge on any atom is -0.444 e. The summed E-state index contributed by atoms with van der Waals surface area (Å²) in [6.45, 7) is 3.94. The van der Waals surface area contributed by atoms with Crippen LogP contribution in [0, 0.1) is 19.7 Å². The van der Waals surface area contributed by atoms with Crippen LogP contribution in [0.5, 0.6) is 0 Å². The van der Waals surface area contributed by atoms with Crippen LogP contribution in [0.25, 0.3) is 0 Å². The number of benzene rings is 1. The molecular weight excluding hydrogens is 221 g/mol. The van der Waals surface area contributed by atoms with Gasteiger partial charge in [-0.1, -0.05) is 0 Å². The average molecular weight is 235 g/mol. The summed E-state index contributed by atoms with van der Waals surface area (Å²) in [6, 6.07) is 2.97. The summed E-state index contributed by atoms with van der Waals surface area (Å²) in [7, 11) is 0. The van der Waals surface area contributed by atoms with Gasteiger partial charge in [-0.3, -0.25) is 0 Å². The molecule has 2 rings (SSSR count). The summed E-state index contributed by atoms with van der Waals surface area (Å²) in [5.41, 5.74) is 7.30. The number of nitrogen functional groups attached to an aromatic ring is 1. The van der Waals surface area contributed by atoms with E-state index in [1.54, 1.807) is 19.2 Å². The van der Waals surface area contributed by atoms with Crippen molar-refractivity contribution in [1.29, 1.82) is 0 Å². The second kappa shape index (κ2) is 4.45. The Labute approximate surface area is 98.7 Å². The number of rotatable bonds is 3. The molecule has 5 heteroatoms. The molecule has 0 fully saturated rings. The molecular formula is C12H14FN3O. The quantitative estimate of drug-likeness (QED) is 0.803. The van der Waals surface area contributed by atoms with Crippen LogP contribution in [-0.2, 0) is 6.54 Å². The first-order valence-electron chi connectivity index (χ1n) is 5.27. The lowest BCUT2D eigenvalue weighted by Gasteiger charge is -2.09. The lowest BCUT2D eigenvalue weighted by atomic mass is 10.2. The highest BCUT2D eigenvalue weighted by atomic mass is 19.1. The van der Waals surface area contributed by atoms with Crippen LogP contribution >= 0.6 is 0 Å². The second-order valence-corrected chi connectivity index (χ2v) is 3.91. The van der Waals surface area contributed by atoms with Crippen molar-refractivity contribution in [2.75, 3.05) is 11.1 Å². The van der Waals surface area contributed by atoms with Gasteiger partial charge in [0.05, 0.1) is 24.1 Å². The highest BCUT2D eigenvalue weighted by Gasteiger charge is 2.06. The summed E-state index contributed by atoms with van der Waals surface area (Å²) in [5.74, 6) is 1.02. The second-order valence-electron chi connectivity index (χ2n) is 3.91. The lowest BCUT2D eigenvalue weighted by Crippen LogP contribution is -2.03. The van der Waals surface area contributed by atoms with E-state index in [0.29, 0.717) is 29.4 Å². The molecule has 0 aliphatic carbocycles. The van der Waals surface area contributed by atoms with E-state index in [0.717, 1.165) is 5.76 Å². The number of oxazole rings is 1. The van der Waals surface area contributed by atoms with E-state index in [9.17, 15) is 4.39 Å². The summed E-state index contributed by atoms with van der Waals surface area (Å²) < 4.78 is 18.5. The van der Waals surface area contributed by atoms with Crippen molar-refractivity contribution in [2.24, 2.45) is 0 Å². The first-order valence-corrected chi connectivity index (χ1v) is 5.27. The molecule has 0 spiro atoms. The van der Waals surface area contributed by atoms with Crippen molar-refractivity contribution in [1.82, 2.24) is 4.98 Å². The molecule has 0 saturated carbocycles. The fourth-order valence-corrected chi connectivity index (χ4v) is 1.50. The Balaban J connectivity index is 2.11. The smallest absolute Gasteiger partial charge is 0.213 e. The largest absolute Gasteiger partial charge is 0.444 e. The molecule has 4 nitrogen and oxygen atoms in total. The Morgan fingerprint density at radius 1 is 1.41 bits per heavy atom. The SMILES string of the molecule is Cc1cnc(CNc2cc(C)c(F)cc2N)o1. The normalized spacial score (nSPS) is 10.5. The van der Waals surface area contributed by atoms with E-state index < -0.39 is 0 Å². The number of aromatic nitrogens is 1. The number of halogens is 1. The van der Waals surface area contributed by atoms with E-state index in [4.69, 9.17) is 10.2 Å². The van der Waals surface area contributed by atoms with Crippen molar-refractivity contribution in [3.8, 4) is 0 Å². The molecule has 0 radical (unpaired) electrons. The molecule has 17 heavy (non-hydrogen) atoms. The maximum absolute atomic E-state index is 13.2. The lowest BCUT2D eigenvalue weighted by molar-refractivity contribution is 0.479. The number of aryl methyl sites for hydroxylation is 2. The molecule has 1 heterocycles. The Morgan fingerprint density at radius 2 is 2.18 bits per heavy atom. The van der Waals surface area contributed by atoms with Gasteiger partial charge in [0.15, 0.2) is 0 Å². The van der Waals surface area contributed by atoms with E-state index in [1.165, 1.54) is 6.07 Å². The van der Waals surface area contributed by atoms with E-state index in [-0.39, 0.29) is 5.82 Å². The maximum atomic E-state index is 13.2. The van der Waals surface area contributed by atoms with Gasteiger partial charge < -0.3 is 15.5 Å². The minimum absolute atomic E-state index is 0.306. The van der Waals surface area contributed by atoms with Gasteiger partial charge in [0.25, 0.3) is 0 Å². The zero-order chi connectivity index (χ0) is 12.4. The zero-order valence-corrected chi connectivity index (χ0v) is 9.75. The molecule has 0 aliphatic heterocycles. The predicted octanol–water partition coefficient (Wildman–Crippen LogP) is 2.62. The van der Waals surface area contributed by atoms with Gasteiger partial charge in [-0.2, -0.15) is 0 Å². The van der Waals surface area contributed by atoms with Gasteiger partial charge in [-0.05, 0) is 31.5 Å². The van der Waals surface area contributed by atoms with E-state index in [1.807, 2.05) is 6.92 Å². The Hall–Kier alpha value is -2.04. The molecule has 0 aliphatic rings.